The molecule has 1 aliphatic rings. The van der Waals surface area contributed by atoms with Gasteiger partial charge in [0, 0.05) is 23.7 Å². The lowest BCUT2D eigenvalue weighted by Gasteiger charge is -2.26. The van der Waals surface area contributed by atoms with Crippen LogP contribution in [0.25, 0.3) is 10.8 Å². The van der Waals surface area contributed by atoms with Crippen LogP contribution in [0.4, 0.5) is 5.69 Å². The summed E-state index contributed by atoms with van der Waals surface area (Å²) in [7, 11) is 5.42. The number of aryl methyl sites for hydroxylation is 1. The predicted octanol–water partition coefficient (Wildman–Crippen LogP) is 5.83. The fourth-order valence-electron chi connectivity index (χ4n) is 4.85. The molecule has 0 fully saturated rings. The minimum absolute atomic E-state index is 0.00986. The number of carbonyl (C=O) groups is 1. The number of rotatable bonds is 8. The number of amides is 1. The molecule has 1 heterocycles. The Balaban J connectivity index is 1.37. The van der Waals surface area contributed by atoms with E-state index in [1.165, 1.54) is 16.3 Å². The van der Waals surface area contributed by atoms with Crippen LogP contribution in [0, 0.1) is 5.92 Å². The molecule has 0 bridgehead atoms. The second-order valence-electron chi connectivity index (χ2n) is 8.96. The van der Waals surface area contributed by atoms with Crippen molar-refractivity contribution in [3.63, 3.8) is 0 Å². The van der Waals surface area contributed by atoms with Crippen molar-refractivity contribution in [3.8, 4) is 11.5 Å². The van der Waals surface area contributed by atoms with Crippen LogP contribution in [0.1, 0.15) is 43.4 Å². The van der Waals surface area contributed by atoms with E-state index >= 15 is 0 Å². The maximum absolute atomic E-state index is 12.9. The Kier molecular flexibility index (Phi) is 7.19. The Morgan fingerprint density at radius 2 is 1.79 bits per heavy atom. The summed E-state index contributed by atoms with van der Waals surface area (Å²) in [5.74, 6) is 1.45. The van der Waals surface area contributed by atoms with Gasteiger partial charge >= 0.3 is 0 Å². The smallest absolute Gasteiger partial charge is 0.227 e. The number of fused-ring (bicyclic) bond motifs is 2. The molecule has 4 rings (SSSR count). The molecule has 0 aliphatic carbocycles. The molecule has 3 aromatic carbocycles. The number of hydrogen-bond donors (Lipinski definition) is 1. The van der Waals surface area contributed by atoms with Gasteiger partial charge in [0.25, 0.3) is 0 Å². The summed E-state index contributed by atoms with van der Waals surface area (Å²) < 4.78 is 10.8. The van der Waals surface area contributed by atoms with Gasteiger partial charge in [0.2, 0.25) is 5.91 Å². The highest BCUT2D eigenvalue weighted by molar-refractivity contribution is 5.94. The minimum atomic E-state index is 0.00986. The van der Waals surface area contributed by atoms with Crippen LogP contribution >= 0.6 is 0 Å². The number of methoxy groups -OCH3 is 2. The minimum Gasteiger partial charge on any atom is -0.493 e. The van der Waals surface area contributed by atoms with E-state index in [1.54, 1.807) is 14.2 Å². The Morgan fingerprint density at radius 3 is 2.58 bits per heavy atom. The highest BCUT2D eigenvalue weighted by Crippen LogP contribution is 2.36. The van der Waals surface area contributed by atoms with Crippen LogP contribution in [0.2, 0.25) is 0 Å². The van der Waals surface area contributed by atoms with Crippen molar-refractivity contribution in [1.29, 1.82) is 0 Å². The van der Waals surface area contributed by atoms with E-state index in [9.17, 15) is 4.79 Å². The average Bonchev–Trinajstić information content (AvgIpc) is 2.99. The molecule has 5 heteroatoms. The third-order valence-corrected chi connectivity index (χ3v) is 7.00. The highest BCUT2D eigenvalue weighted by Gasteiger charge is 2.25. The van der Waals surface area contributed by atoms with Crippen LogP contribution in [-0.2, 0) is 11.2 Å². The van der Waals surface area contributed by atoms with Crippen molar-refractivity contribution in [2.24, 2.45) is 5.92 Å². The second kappa shape index (κ2) is 10.3. The summed E-state index contributed by atoms with van der Waals surface area (Å²) in [6, 6.07) is 19.2. The van der Waals surface area contributed by atoms with Crippen molar-refractivity contribution >= 4 is 22.4 Å². The van der Waals surface area contributed by atoms with Crippen molar-refractivity contribution in [2.75, 3.05) is 33.1 Å². The average molecular weight is 447 g/mol. The van der Waals surface area contributed by atoms with Crippen molar-refractivity contribution in [3.05, 3.63) is 65.7 Å². The van der Waals surface area contributed by atoms with Crippen LogP contribution in [0.5, 0.6) is 11.5 Å². The summed E-state index contributed by atoms with van der Waals surface area (Å²) >= 11 is 0. The molecular formula is C28H34N2O3. The van der Waals surface area contributed by atoms with Gasteiger partial charge in [0.15, 0.2) is 11.5 Å². The Hall–Kier alpha value is -3.05. The Morgan fingerprint density at radius 1 is 1.06 bits per heavy atom. The molecule has 5 nitrogen and oxygen atoms in total. The molecule has 0 saturated carbocycles. The zero-order valence-electron chi connectivity index (χ0n) is 20.1. The molecule has 0 saturated heterocycles. The largest absolute Gasteiger partial charge is 0.493 e. The van der Waals surface area contributed by atoms with Gasteiger partial charge in [-0.25, -0.2) is 0 Å². The molecular weight excluding hydrogens is 412 g/mol. The van der Waals surface area contributed by atoms with Crippen molar-refractivity contribution in [1.82, 2.24) is 4.90 Å². The van der Waals surface area contributed by atoms with E-state index < -0.39 is 0 Å². The quantitative estimate of drug-likeness (QED) is 0.473. The zero-order chi connectivity index (χ0) is 23.4. The van der Waals surface area contributed by atoms with Gasteiger partial charge in [0.1, 0.15) is 0 Å². The number of carbonyl (C=O) groups excluding carboxylic acids is 1. The Labute approximate surface area is 196 Å². The van der Waals surface area contributed by atoms with Gasteiger partial charge in [-0.05, 0) is 74.2 Å². The van der Waals surface area contributed by atoms with Crippen molar-refractivity contribution in [2.45, 2.75) is 38.6 Å². The topological polar surface area (TPSA) is 50.8 Å². The molecule has 1 N–H and O–H groups in total. The first kappa shape index (κ1) is 23.1. The predicted molar refractivity (Wildman–Crippen MR) is 134 cm³/mol. The molecule has 33 heavy (non-hydrogen) atoms. The van der Waals surface area contributed by atoms with E-state index in [1.807, 2.05) is 12.1 Å². The molecule has 3 aromatic rings. The molecule has 1 amide bonds. The van der Waals surface area contributed by atoms with Gasteiger partial charge in [-0.15, -0.1) is 0 Å². The number of ether oxygens (including phenoxy) is 2. The van der Waals surface area contributed by atoms with E-state index in [-0.39, 0.29) is 11.8 Å². The first-order valence-corrected chi connectivity index (χ1v) is 11.8. The first-order valence-electron chi connectivity index (χ1n) is 11.8. The summed E-state index contributed by atoms with van der Waals surface area (Å²) in [5.41, 5.74) is 3.29. The van der Waals surface area contributed by atoms with E-state index in [0.717, 1.165) is 43.5 Å². The Bertz CT molecular complexity index is 1120. The standard InChI is InChI=1S/C28H34N2O3/c1-19(23-13-7-10-20-9-5-6-12-24(20)23)30(2)16-8-11-21-14-15-22-17-26(32-3)27(33-4)18-25(22)29-28(21)31/h5-7,9-10,12-13,17-19,21H,8,11,14-16H2,1-4H3,(H,29,31). The third kappa shape index (κ3) is 4.98. The van der Waals surface area contributed by atoms with Gasteiger partial charge in [-0.2, -0.15) is 0 Å². The molecule has 174 valence electrons. The molecule has 2 atom stereocenters. The van der Waals surface area contributed by atoms with Crippen LogP contribution < -0.4 is 14.8 Å². The fourth-order valence-corrected chi connectivity index (χ4v) is 4.85. The van der Waals surface area contributed by atoms with Gasteiger partial charge in [0.05, 0.1) is 14.2 Å². The molecule has 0 spiro atoms. The highest BCUT2D eigenvalue weighted by atomic mass is 16.5. The lowest BCUT2D eigenvalue weighted by molar-refractivity contribution is -0.120. The van der Waals surface area contributed by atoms with Crippen LogP contribution in [0.3, 0.4) is 0 Å². The molecule has 0 radical (unpaired) electrons. The molecule has 2 unspecified atom stereocenters. The summed E-state index contributed by atoms with van der Waals surface area (Å²) in [6.45, 7) is 3.21. The number of nitrogens with one attached hydrogen (secondary N) is 1. The SMILES string of the molecule is COc1cc2c(cc1OC)NC(=O)C(CCCN(C)C(C)c1cccc3ccccc13)CC2. The maximum Gasteiger partial charge on any atom is 0.227 e. The number of nitrogens with zero attached hydrogens (tertiary/aromatic N) is 1. The summed E-state index contributed by atoms with van der Waals surface area (Å²) in [4.78, 5) is 15.3. The summed E-state index contributed by atoms with van der Waals surface area (Å²) in [5, 5.41) is 5.70. The first-order chi connectivity index (χ1) is 16.0. The zero-order valence-corrected chi connectivity index (χ0v) is 20.1. The van der Waals surface area contributed by atoms with E-state index in [2.05, 4.69) is 66.7 Å². The number of hydrogen-bond acceptors (Lipinski definition) is 4. The van der Waals surface area contributed by atoms with Crippen LogP contribution in [-0.4, -0.2) is 38.6 Å². The van der Waals surface area contributed by atoms with Gasteiger partial charge < -0.3 is 14.8 Å². The van der Waals surface area contributed by atoms with E-state index in [4.69, 9.17) is 9.47 Å². The number of anilines is 1. The summed E-state index contributed by atoms with van der Waals surface area (Å²) in [6.07, 6.45) is 3.55. The van der Waals surface area contributed by atoms with Gasteiger partial charge in [-0.3, -0.25) is 9.69 Å². The van der Waals surface area contributed by atoms with E-state index in [0.29, 0.717) is 17.5 Å². The lowest BCUT2D eigenvalue weighted by Crippen LogP contribution is -2.26. The lowest BCUT2D eigenvalue weighted by atomic mass is 9.95. The number of benzene rings is 3. The van der Waals surface area contributed by atoms with Crippen LogP contribution in [0.15, 0.2) is 54.6 Å². The van der Waals surface area contributed by atoms with Crippen molar-refractivity contribution < 1.29 is 14.3 Å². The second-order valence-corrected chi connectivity index (χ2v) is 8.96. The third-order valence-electron chi connectivity index (χ3n) is 7.00. The molecule has 1 aliphatic heterocycles. The maximum atomic E-state index is 12.9. The van der Waals surface area contributed by atoms with Gasteiger partial charge in [-0.1, -0.05) is 42.5 Å². The monoisotopic (exact) mass is 446 g/mol. The normalized spacial score (nSPS) is 16.8. The molecule has 0 aromatic heterocycles. The fraction of sp³-hybridized carbons (Fsp3) is 0.393.